The molecular weight excluding hydrogens is 348 g/mol. The molecule has 1 amide bonds. The van der Waals surface area contributed by atoms with Gasteiger partial charge in [0.25, 0.3) is 5.91 Å². The molecule has 0 aliphatic carbocycles. The Morgan fingerprint density at radius 2 is 1.95 bits per heavy atom. The highest BCUT2D eigenvalue weighted by Gasteiger charge is 2.14. The van der Waals surface area contributed by atoms with Crippen LogP contribution in [0, 0.1) is 0 Å². The molecule has 106 valence electrons. The number of aromatic nitrogens is 1. The summed E-state index contributed by atoms with van der Waals surface area (Å²) in [5.74, 6) is 0.614. The van der Waals surface area contributed by atoms with Crippen LogP contribution < -0.4 is 14.8 Å². The SMILES string of the molecule is COc1cc(NC(=O)c2cc(Br)c[nH]2)c(OC)cc1Cl. The standard InChI is InChI=1S/C13H12BrClN2O3/c1-19-11-5-9(12(20-2)4-8(11)15)17-13(18)10-3-7(14)6-16-10/h3-6,16H,1-2H3,(H,17,18). The number of carbonyl (C=O) groups is 1. The fraction of sp³-hybridized carbons (Fsp3) is 0.154. The molecule has 2 N–H and O–H groups in total. The van der Waals surface area contributed by atoms with Crippen LogP contribution >= 0.6 is 27.5 Å². The number of amides is 1. The van der Waals surface area contributed by atoms with Crippen molar-refractivity contribution in [3.05, 3.63) is 39.6 Å². The van der Waals surface area contributed by atoms with Crippen molar-refractivity contribution in [2.24, 2.45) is 0 Å². The van der Waals surface area contributed by atoms with Crippen LogP contribution in [0.15, 0.2) is 28.9 Å². The van der Waals surface area contributed by atoms with Crippen LogP contribution in [-0.2, 0) is 0 Å². The number of benzene rings is 1. The van der Waals surface area contributed by atoms with Gasteiger partial charge in [-0.2, -0.15) is 0 Å². The maximum Gasteiger partial charge on any atom is 0.272 e. The number of aromatic amines is 1. The minimum Gasteiger partial charge on any atom is -0.495 e. The van der Waals surface area contributed by atoms with Gasteiger partial charge in [-0.1, -0.05) is 11.6 Å². The second-order valence-electron chi connectivity index (χ2n) is 3.87. The van der Waals surface area contributed by atoms with E-state index in [1.807, 2.05) is 0 Å². The molecule has 0 bridgehead atoms. The van der Waals surface area contributed by atoms with Gasteiger partial charge in [-0.05, 0) is 22.0 Å². The van der Waals surface area contributed by atoms with Gasteiger partial charge in [-0.15, -0.1) is 0 Å². The maximum atomic E-state index is 12.1. The first-order valence-corrected chi connectivity index (χ1v) is 6.79. The normalized spacial score (nSPS) is 10.2. The third kappa shape index (κ3) is 3.08. The van der Waals surface area contributed by atoms with E-state index >= 15 is 0 Å². The van der Waals surface area contributed by atoms with Crippen molar-refractivity contribution in [2.45, 2.75) is 0 Å². The minimum atomic E-state index is -0.293. The predicted molar refractivity (Wildman–Crippen MR) is 81.0 cm³/mol. The highest BCUT2D eigenvalue weighted by molar-refractivity contribution is 9.10. The van der Waals surface area contributed by atoms with E-state index < -0.39 is 0 Å². The molecule has 1 heterocycles. The fourth-order valence-electron chi connectivity index (χ4n) is 1.65. The van der Waals surface area contributed by atoms with Crippen molar-refractivity contribution in [3.63, 3.8) is 0 Å². The molecular formula is C13H12BrClN2O3. The smallest absolute Gasteiger partial charge is 0.272 e. The molecule has 1 aromatic heterocycles. The summed E-state index contributed by atoms with van der Waals surface area (Å²) in [6.45, 7) is 0. The summed E-state index contributed by atoms with van der Waals surface area (Å²) in [7, 11) is 3.00. The molecule has 0 aliphatic heterocycles. The van der Waals surface area contributed by atoms with Gasteiger partial charge < -0.3 is 19.8 Å². The monoisotopic (exact) mass is 358 g/mol. The van der Waals surface area contributed by atoms with Crippen molar-refractivity contribution in [3.8, 4) is 11.5 Å². The first-order valence-electron chi connectivity index (χ1n) is 5.62. The lowest BCUT2D eigenvalue weighted by Gasteiger charge is -2.12. The average Bonchev–Trinajstić information content (AvgIpc) is 2.87. The molecule has 0 aliphatic rings. The summed E-state index contributed by atoms with van der Waals surface area (Å²) >= 11 is 9.28. The lowest BCUT2D eigenvalue weighted by Crippen LogP contribution is -2.13. The molecule has 2 rings (SSSR count). The van der Waals surface area contributed by atoms with Gasteiger partial charge in [0.05, 0.1) is 24.9 Å². The van der Waals surface area contributed by atoms with E-state index in [9.17, 15) is 4.79 Å². The quantitative estimate of drug-likeness (QED) is 0.875. The Morgan fingerprint density at radius 3 is 2.50 bits per heavy atom. The Labute approximate surface area is 129 Å². The van der Waals surface area contributed by atoms with Crippen LogP contribution in [0.4, 0.5) is 5.69 Å². The molecule has 0 atom stereocenters. The molecule has 0 fully saturated rings. The lowest BCUT2D eigenvalue weighted by molar-refractivity contribution is 0.102. The second-order valence-corrected chi connectivity index (χ2v) is 5.20. The molecule has 2 aromatic rings. The van der Waals surface area contributed by atoms with Gasteiger partial charge in [0, 0.05) is 22.8 Å². The highest BCUT2D eigenvalue weighted by Crippen LogP contribution is 2.36. The highest BCUT2D eigenvalue weighted by atomic mass is 79.9. The molecule has 0 spiro atoms. The van der Waals surface area contributed by atoms with Crippen LogP contribution in [0.1, 0.15) is 10.5 Å². The number of carbonyl (C=O) groups excluding carboxylic acids is 1. The summed E-state index contributed by atoms with van der Waals surface area (Å²) in [4.78, 5) is 14.9. The molecule has 7 heteroatoms. The van der Waals surface area contributed by atoms with Gasteiger partial charge in [0.15, 0.2) is 0 Å². The molecule has 0 radical (unpaired) electrons. The number of ether oxygens (including phenoxy) is 2. The van der Waals surface area contributed by atoms with E-state index in [0.717, 1.165) is 4.47 Å². The van der Waals surface area contributed by atoms with Gasteiger partial charge in [0.2, 0.25) is 0 Å². The van der Waals surface area contributed by atoms with Crippen molar-refractivity contribution in [2.75, 3.05) is 19.5 Å². The topological polar surface area (TPSA) is 63.3 Å². The van der Waals surface area contributed by atoms with Crippen molar-refractivity contribution in [1.29, 1.82) is 0 Å². The fourth-order valence-corrected chi connectivity index (χ4v) is 2.22. The number of H-pyrrole nitrogens is 1. The molecule has 1 aromatic carbocycles. The van der Waals surface area contributed by atoms with E-state index in [-0.39, 0.29) is 5.91 Å². The molecule has 20 heavy (non-hydrogen) atoms. The van der Waals surface area contributed by atoms with E-state index in [2.05, 4.69) is 26.2 Å². The zero-order valence-electron chi connectivity index (χ0n) is 10.8. The van der Waals surface area contributed by atoms with Crippen LogP contribution in [-0.4, -0.2) is 25.1 Å². The van der Waals surface area contributed by atoms with Crippen LogP contribution in [0.5, 0.6) is 11.5 Å². The average molecular weight is 360 g/mol. The summed E-state index contributed by atoms with van der Waals surface area (Å²) in [5, 5.41) is 3.15. The third-order valence-corrected chi connectivity index (χ3v) is 3.37. The zero-order valence-corrected chi connectivity index (χ0v) is 13.1. The van der Waals surface area contributed by atoms with Gasteiger partial charge >= 0.3 is 0 Å². The number of rotatable bonds is 4. The van der Waals surface area contributed by atoms with E-state index in [1.54, 1.807) is 24.4 Å². The first kappa shape index (κ1) is 14.7. The predicted octanol–water partition coefficient (Wildman–Crippen LogP) is 3.70. The number of methoxy groups -OCH3 is 2. The summed E-state index contributed by atoms with van der Waals surface area (Å²) in [6.07, 6.45) is 1.68. The number of halogens is 2. The third-order valence-electron chi connectivity index (χ3n) is 2.61. The van der Waals surface area contributed by atoms with Crippen LogP contribution in [0.2, 0.25) is 5.02 Å². The van der Waals surface area contributed by atoms with Gasteiger partial charge in [0.1, 0.15) is 17.2 Å². The minimum absolute atomic E-state index is 0.293. The Hall–Kier alpha value is -1.66. The maximum absolute atomic E-state index is 12.1. The van der Waals surface area contributed by atoms with Gasteiger partial charge in [-0.25, -0.2) is 0 Å². The Bertz CT molecular complexity index is 643. The first-order chi connectivity index (χ1) is 9.55. The number of anilines is 1. The summed E-state index contributed by atoms with van der Waals surface area (Å²) < 4.78 is 11.1. The number of hydrogen-bond acceptors (Lipinski definition) is 3. The van der Waals surface area contributed by atoms with Crippen molar-refractivity contribution < 1.29 is 14.3 Å². The van der Waals surface area contributed by atoms with Crippen LogP contribution in [0.25, 0.3) is 0 Å². The molecule has 5 nitrogen and oxygen atoms in total. The number of hydrogen-bond donors (Lipinski definition) is 2. The Balaban J connectivity index is 2.30. The van der Waals surface area contributed by atoms with E-state index in [0.29, 0.717) is 27.9 Å². The largest absolute Gasteiger partial charge is 0.495 e. The Morgan fingerprint density at radius 1 is 1.25 bits per heavy atom. The molecule has 0 unspecified atom stereocenters. The zero-order chi connectivity index (χ0) is 14.7. The van der Waals surface area contributed by atoms with Crippen molar-refractivity contribution >= 4 is 39.1 Å². The van der Waals surface area contributed by atoms with Crippen molar-refractivity contribution in [1.82, 2.24) is 4.98 Å². The lowest BCUT2D eigenvalue weighted by atomic mass is 10.2. The van der Waals surface area contributed by atoms with E-state index in [1.165, 1.54) is 14.2 Å². The Kier molecular flexibility index (Phi) is 4.57. The summed E-state index contributed by atoms with van der Waals surface area (Å²) in [6, 6.07) is 4.87. The molecule has 0 saturated carbocycles. The van der Waals surface area contributed by atoms with Gasteiger partial charge in [-0.3, -0.25) is 4.79 Å². The molecule has 0 saturated heterocycles. The van der Waals surface area contributed by atoms with Crippen LogP contribution in [0.3, 0.4) is 0 Å². The second kappa shape index (κ2) is 6.19. The number of nitrogens with one attached hydrogen (secondary N) is 2. The van der Waals surface area contributed by atoms with E-state index in [4.69, 9.17) is 21.1 Å². The summed E-state index contributed by atoms with van der Waals surface area (Å²) in [5.41, 5.74) is 0.900.